The SMILES string of the molecule is CCOC(=O)C(O)C(O)c1ccc(O)c(-c2ccno2)c1. The highest BCUT2D eigenvalue weighted by Gasteiger charge is 2.27. The van der Waals surface area contributed by atoms with Gasteiger partial charge in [-0.2, -0.15) is 0 Å². The summed E-state index contributed by atoms with van der Waals surface area (Å²) < 4.78 is 9.58. The molecule has 0 saturated heterocycles. The Morgan fingerprint density at radius 2 is 2.14 bits per heavy atom. The summed E-state index contributed by atoms with van der Waals surface area (Å²) in [6.07, 6.45) is -1.78. The summed E-state index contributed by atoms with van der Waals surface area (Å²) in [4.78, 5) is 11.4. The van der Waals surface area contributed by atoms with E-state index >= 15 is 0 Å². The third kappa shape index (κ3) is 3.21. The first-order valence-electron chi connectivity index (χ1n) is 6.31. The molecule has 0 aliphatic heterocycles. The van der Waals surface area contributed by atoms with E-state index in [9.17, 15) is 20.1 Å². The molecule has 0 fully saturated rings. The number of nitrogens with zero attached hydrogens (tertiary/aromatic N) is 1. The predicted octanol–water partition coefficient (Wildman–Crippen LogP) is 1.00. The Bertz CT molecular complexity index is 610. The molecule has 112 valence electrons. The van der Waals surface area contributed by atoms with E-state index in [-0.39, 0.29) is 17.9 Å². The highest BCUT2D eigenvalue weighted by molar-refractivity contribution is 5.75. The van der Waals surface area contributed by atoms with E-state index in [2.05, 4.69) is 9.89 Å². The maximum Gasteiger partial charge on any atom is 0.338 e. The van der Waals surface area contributed by atoms with Crippen LogP contribution in [0.2, 0.25) is 0 Å². The molecule has 2 aromatic rings. The van der Waals surface area contributed by atoms with Crippen molar-refractivity contribution in [2.24, 2.45) is 0 Å². The fourth-order valence-corrected chi connectivity index (χ4v) is 1.83. The standard InChI is InChI=1S/C14H15NO6/c1-2-20-14(19)13(18)12(17)8-3-4-10(16)9(7-8)11-5-6-15-21-11/h3-7,12-13,16-18H,2H2,1H3. The zero-order valence-electron chi connectivity index (χ0n) is 11.3. The van der Waals surface area contributed by atoms with Gasteiger partial charge in [0.05, 0.1) is 18.4 Å². The molecule has 7 nitrogen and oxygen atoms in total. The molecule has 0 amide bonds. The number of phenols is 1. The maximum atomic E-state index is 11.4. The molecule has 1 aromatic heterocycles. The molecular weight excluding hydrogens is 278 g/mol. The first kappa shape index (κ1) is 15.0. The number of aromatic hydroxyl groups is 1. The first-order valence-corrected chi connectivity index (χ1v) is 6.31. The highest BCUT2D eigenvalue weighted by Crippen LogP contribution is 2.32. The minimum Gasteiger partial charge on any atom is -0.507 e. The number of hydrogen-bond acceptors (Lipinski definition) is 7. The number of esters is 1. The third-order valence-electron chi connectivity index (χ3n) is 2.89. The van der Waals surface area contributed by atoms with Gasteiger partial charge in [-0.05, 0) is 24.6 Å². The number of aliphatic hydroxyl groups excluding tert-OH is 2. The van der Waals surface area contributed by atoms with Gasteiger partial charge in [-0.15, -0.1) is 0 Å². The maximum absolute atomic E-state index is 11.4. The molecule has 0 aliphatic rings. The Kier molecular flexibility index (Phi) is 4.56. The molecular formula is C14H15NO6. The fraction of sp³-hybridized carbons (Fsp3) is 0.286. The fourth-order valence-electron chi connectivity index (χ4n) is 1.83. The molecule has 2 unspecified atom stereocenters. The van der Waals surface area contributed by atoms with E-state index < -0.39 is 18.2 Å². The smallest absolute Gasteiger partial charge is 0.338 e. The van der Waals surface area contributed by atoms with Crippen LogP contribution in [0.5, 0.6) is 5.75 Å². The van der Waals surface area contributed by atoms with Crippen molar-refractivity contribution >= 4 is 5.97 Å². The lowest BCUT2D eigenvalue weighted by molar-refractivity contribution is -0.159. The van der Waals surface area contributed by atoms with Crippen LogP contribution in [0.15, 0.2) is 35.0 Å². The van der Waals surface area contributed by atoms with Crippen LogP contribution < -0.4 is 0 Å². The molecule has 1 heterocycles. The number of carbonyl (C=O) groups is 1. The number of rotatable bonds is 5. The molecule has 2 rings (SSSR count). The van der Waals surface area contributed by atoms with Gasteiger partial charge in [0.25, 0.3) is 0 Å². The number of benzene rings is 1. The normalized spacial score (nSPS) is 13.7. The van der Waals surface area contributed by atoms with E-state index in [1.165, 1.54) is 30.5 Å². The minimum atomic E-state index is -1.71. The van der Waals surface area contributed by atoms with Crippen molar-refractivity contribution in [2.75, 3.05) is 6.61 Å². The summed E-state index contributed by atoms with van der Waals surface area (Å²) in [5, 5.41) is 33.1. The highest BCUT2D eigenvalue weighted by atomic mass is 16.5. The number of aliphatic hydroxyl groups is 2. The quantitative estimate of drug-likeness (QED) is 0.705. The van der Waals surface area contributed by atoms with E-state index in [0.717, 1.165) is 0 Å². The largest absolute Gasteiger partial charge is 0.507 e. The van der Waals surface area contributed by atoms with Crippen molar-refractivity contribution in [2.45, 2.75) is 19.1 Å². The molecule has 0 saturated carbocycles. The van der Waals surface area contributed by atoms with Gasteiger partial charge in [-0.1, -0.05) is 11.2 Å². The van der Waals surface area contributed by atoms with Crippen molar-refractivity contribution in [1.82, 2.24) is 5.16 Å². The predicted molar refractivity (Wildman–Crippen MR) is 71.2 cm³/mol. The molecule has 3 N–H and O–H groups in total. The molecule has 0 spiro atoms. The van der Waals surface area contributed by atoms with E-state index in [1.807, 2.05) is 0 Å². The van der Waals surface area contributed by atoms with Crippen molar-refractivity contribution in [3.63, 3.8) is 0 Å². The van der Waals surface area contributed by atoms with Crippen LogP contribution in [0.4, 0.5) is 0 Å². The Balaban J connectivity index is 2.28. The van der Waals surface area contributed by atoms with E-state index in [4.69, 9.17) is 4.52 Å². The zero-order chi connectivity index (χ0) is 15.4. The van der Waals surface area contributed by atoms with Crippen LogP contribution in [0.1, 0.15) is 18.6 Å². The summed E-state index contributed by atoms with van der Waals surface area (Å²) in [5.41, 5.74) is 0.528. The van der Waals surface area contributed by atoms with Gasteiger partial charge < -0.3 is 24.6 Å². The van der Waals surface area contributed by atoms with Crippen LogP contribution in [0, 0.1) is 0 Å². The number of carbonyl (C=O) groups excluding carboxylic acids is 1. The lowest BCUT2D eigenvalue weighted by atomic mass is 10.0. The van der Waals surface area contributed by atoms with Crippen molar-refractivity contribution in [3.8, 4) is 17.1 Å². The number of phenolic OH excluding ortho intramolecular Hbond substituents is 1. The molecule has 7 heteroatoms. The molecule has 0 radical (unpaired) electrons. The summed E-state index contributed by atoms with van der Waals surface area (Å²) >= 11 is 0. The van der Waals surface area contributed by atoms with Crippen LogP contribution >= 0.6 is 0 Å². The third-order valence-corrected chi connectivity index (χ3v) is 2.89. The Labute approximate surface area is 120 Å². The minimum absolute atomic E-state index is 0.0756. The van der Waals surface area contributed by atoms with Gasteiger partial charge in [0.2, 0.25) is 0 Å². The lowest BCUT2D eigenvalue weighted by Gasteiger charge is -2.17. The van der Waals surface area contributed by atoms with Crippen LogP contribution in [0.25, 0.3) is 11.3 Å². The Morgan fingerprint density at radius 3 is 2.76 bits per heavy atom. The van der Waals surface area contributed by atoms with Gasteiger partial charge in [-0.25, -0.2) is 4.79 Å². The summed E-state index contributed by atoms with van der Waals surface area (Å²) in [7, 11) is 0. The average Bonchev–Trinajstić information content (AvgIpc) is 3.00. The van der Waals surface area contributed by atoms with Crippen LogP contribution in [-0.2, 0) is 9.53 Å². The Morgan fingerprint density at radius 1 is 1.38 bits per heavy atom. The number of aromatic nitrogens is 1. The molecule has 1 aromatic carbocycles. The summed E-state index contributed by atoms with van der Waals surface area (Å²) in [5.74, 6) is -0.695. The van der Waals surface area contributed by atoms with Gasteiger partial charge in [-0.3, -0.25) is 0 Å². The topological polar surface area (TPSA) is 113 Å². The molecule has 2 atom stereocenters. The summed E-state index contributed by atoms with van der Waals surface area (Å²) in [6.45, 7) is 1.70. The van der Waals surface area contributed by atoms with Crippen LogP contribution in [-0.4, -0.2) is 39.2 Å². The van der Waals surface area contributed by atoms with Crippen molar-refractivity contribution < 1.29 is 29.4 Å². The van der Waals surface area contributed by atoms with Crippen molar-refractivity contribution in [3.05, 3.63) is 36.0 Å². The van der Waals surface area contributed by atoms with Gasteiger partial charge in [0.15, 0.2) is 11.9 Å². The average molecular weight is 293 g/mol. The van der Waals surface area contributed by atoms with Gasteiger partial charge in [0.1, 0.15) is 11.9 Å². The monoisotopic (exact) mass is 293 g/mol. The number of hydrogen-bond donors (Lipinski definition) is 3. The van der Waals surface area contributed by atoms with Gasteiger partial charge in [0, 0.05) is 6.07 Å². The van der Waals surface area contributed by atoms with Crippen molar-refractivity contribution in [1.29, 1.82) is 0 Å². The second kappa shape index (κ2) is 6.38. The molecule has 0 aliphatic carbocycles. The second-order valence-electron chi connectivity index (χ2n) is 4.29. The molecule has 21 heavy (non-hydrogen) atoms. The molecule has 0 bridgehead atoms. The lowest BCUT2D eigenvalue weighted by Crippen LogP contribution is -2.29. The Hall–Kier alpha value is -2.38. The summed E-state index contributed by atoms with van der Waals surface area (Å²) in [6, 6.07) is 5.66. The zero-order valence-corrected chi connectivity index (χ0v) is 11.3. The number of ether oxygens (including phenoxy) is 1. The van der Waals surface area contributed by atoms with E-state index in [1.54, 1.807) is 6.92 Å². The second-order valence-corrected chi connectivity index (χ2v) is 4.29. The van der Waals surface area contributed by atoms with E-state index in [0.29, 0.717) is 11.3 Å². The van der Waals surface area contributed by atoms with Crippen LogP contribution in [0.3, 0.4) is 0 Å². The first-order chi connectivity index (χ1) is 10.0. The van der Waals surface area contributed by atoms with Gasteiger partial charge >= 0.3 is 5.97 Å².